The fourth-order valence-corrected chi connectivity index (χ4v) is 4.01. The molecule has 25 heavy (non-hydrogen) atoms. The minimum atomic E-state index is -0.158. The molecule has 4 rings (SSSR count). The van der Waals surface area contributed by atoms with Gasteiger partial charge in [-0.25, -0.2) is 0 Å². The standard InChI is InChI=1S/C22H26N2O/c25-21(17-19-7-3-1-4-8-19)22(11-12-22)24-15-13-23(14-16-24)18-20-9-5-2-6-10-20/h1-10H,11-18H2. The lowest BCUT2D eigenvalue weighted by atomic mass is 10.00. The Balaban J connectivity index is 1.33. The number of hydrogen-bond donors (Lipinski definition) is 0. The van der Waals surface area contributed by atoms with Crippen molar-refractivity contribution < 1.29 is 4.79 Å². The van der Waals surface area contributed by atoms with Crippen LogP contribution in [0.25, 0.3) is 0 Å². The van der Waals surface area contributed by atoms with Crippen LogP contribution in [0.4, 0.5) is 0 Å². The van der Waals surface area contributed by atoms with E-state index in [1.54, 1.807) is 0 Å². The highest BCUT2D eigenvalue weighted by molar-refractivity contribution is 5.93. The quantitative estimate of drug-likeness (QED) is 0.811. The highest BCUT2D eigenvalue weighted by Crippen LogP contribution is 2.43. The summed E-state index contributed by atoms with van der Waals surface area (Å²) < 4.78 is 0. The van der Waals surface area contributed by atoms with Gasteiger partial charge < -0.3 is 0 Å². The van der Waals surface area contributed by atoms with Crippen LogP contribution in [-0.2, 0) is 17.8 Å². The smallest absolute Gasteiger partial charge is 0.157 e. The molecule has 1 heterocycles. The monoisotopic (exact) mass is 334 g/mol. The number of benzene rings is 2. The summed E-state index contributed by atoms with van der Waals surface area (Å²) in [4.78, 5) is 17.9. The molecule has 0 unspecified atom stereocenters. The first-order chi connectivity index (χ1) is 12.3. The number of piperazine rings is 1. The molecule has 2 fully saturated rings. The average molecular weight is 334 g/mol. The molecule has 1 aliphatic heterocycles. The van der Waals surface area contributed by atoms with Crippen molar-refractivity contribution in [2.45, 2.75) is 31.3 Å². The lowest BCUT2D eigenvalue weighted by Crippen LogP contribution is -2.54. The molecule has 1 saturated carbocycles. The van der Waals surface area contributed by atoms with Gasteiger partial charge in [-0.2, -0.15) is 0 Å². The molecule has 0 bridgehead atoms. The predicted molar refractivity (Wildman–Crippen MR) is 100 cm³/mol. The zero-order chi connectivity index (χ0) is 17.1. The third kappa shape index (κ3) is 3.68. The van der Waals surface area contributed by atoms with Gasteiger partial charge in [-0.05, 0) is 24.0 Å². The highest BCUT2D eigenvalue weighted by Gasteiger charge is 2.53. The Labute approximate surface area is 150 Å². The molecule has 1 saturated heterocycles. The summed E-state index contributed by atoms with van der Waals surface area (Å²) in [5.74, 6) is 0.412. The van der Waals surface area contributed by atoms with Gasteiger partial charge in [0.2, 0.25) is 0 Å². The van der Waals surface area contributed by atoms with Crippen molar-refractivity contribution in [2.24, 2.45) is 0 Å². The van der Waals surface area contributed by atoms with Crippen molar-refractivity contribution >= 4 is 5.78 Å². The van der Waals surface area contributed by atoms with Gasteiger partial charge in [-0.15, -0.1) is 0 Å². The fraction of sp³-hybridized carbons (Fsp3) is 0.409. The topological polar surface area (TPSA) is 23.6 Å². The molecule has 1 aliphatic carbocycles. The Morgan fingerprint density at radius 2 is 1.36 bits per heavy atom. The van der Waals surface area contributed by atoms with Crippen LogP contribution in [0.2, 0.25) is 0 Å². The summed E-state index contributed by atoms with van der Waals surface area (Å²) in [5.41, 5.74) is 2.35. The minimum Gasteiger partial charge on any atom is -0.297 e. The van der Waals surface area contributed by atoms with E-state index in [9.17, 15) is 4.79 Å². The zero-order valence-electron chi connectivity index (χ0n) is 14.7. The number of Topliss-reactive ketones (excluding diaryl/α,β-unsaturated/α-hetero) is 1. The van der Waals surface area contributed by atoms with E-state index in [-0.39, 0.29) is 5.54 Å². The van der Waals surface area contributed by atoms with E-state index in [4.69, 9.17) is 0 Å². The van der Waals surface area contributed by atoms with Crippen LogP contribution in [0.15, 0.2) is 60.7 Å². The van der Waals surface area contributed by atoms with E-state index >= 15 is 0 Å². The first-order valence-corrected chi connectivity index (χ1v) is 9.35. The lowest BCUT2D eigenvalue weighted by Gasteiger charge is -2.39. The van der Waals surface area contributed by atoms with Crippen molar-refractivity contribution in [3.63, 3.8) is 0 Å². The number of rotatable bonds is 6. The molecule has 2 aliphatic rings. The summed E-state index contributed by atoms with van der Waals surface area (Å²) in [7, 11) is 0. The Kier molecular flexibility index (Phi) is 4.69. The molecule has 0 atom stereocenters. The number of ketones is 1. The molecule has 0 aromatic heterocycles. The summed E-state index contributed by atoms with van der Waals surface area (Å²) >= 11 is 0. The molecule has 2 aromatic carbocycles. The van der Waals surface area contributed by atoms with Crippen LogP contribution in [-0.4, -0.2) is 47.3 Å². The number of nitrogens with zero attached hydrogens (tertiary/aromatic N) is 2. The van der Waals surface area contributed by atoms with Gasteiger partial charge in [0.1, 0.15) is 0 Å². The largest absolute Gasteiger partial charge is 0.297 e. The molecular formula is C22H26N2O. The molecule has 3 nitrogen and oxygen atoms in total. The minimum absolute atomic E-state index is 0.158. The van der Waals surface area contributed by atoms with E-state index in [1.165, 1.54) is 5.56 Å². The Morgan fingerprint density at radius 3 is 1.92 bits per heavy atom. The van der Waals surface area contributed by atoms with Gasteiger partial charge in [0.05, 0.1) is 5.54 Å². The number of carbonyl (C=O) groups excluding carboxylic acids is 1. The van der Waals surface area contributed by atoms with E-state index < -0.39 is 0 Å². The maximum atomic E-state index is 12.9. The second kappa shape index (κ2) is 7.11. The van der Waals surface area contributed by atoms with Crippen molar-refractivity contribution in [3.8, 4) is 0 Å². The maximum Gasteiger partial charge on any atom is 0.157 e. The van der Waals surface area contributed by atoms with Crippen LogP contribution < -0.4 is 0 Å². The second-order valence-corrected chi connectivity index (χ2v) is 7.37. The van der Waals surface area contributed by atoms with Gasteiger partial charge >= 0.3 is 0 Å². The van der Waals surface area contributed by atoms with Crippen molar-refractivity contribution in [1.82, 2.24) is 9.80 Å². The van der Waals surface area contributed by atoms with Gasteiger partial charge in [0.25, 0.3) is 0 Å². The van der Waals surface area contributed by atoms with Crippen molar-refractivity contribution in [1.29, 1.82) is 0 Å². The lowest BCUT2D eigenvalue weighted by molar-refractivity contribution is -0.126. The third-order valence-electron chi connectivity index (χ3n) is 5.68. The molecule has 0 amide bonds. The van der Waals surface area contributed by atoms with E-state index in [0.717, 1.165) is 51.1 Å². The molecule has 2 aromatic rings. The van der Waals surface area contributed by atoms with Crippen LogP contribution in [0.3, 0.4) is 0 Å². The Hall–Kier alpha value is -1.97. The Bertz CT molecular complexity index is 701. The number of hydrogen-bond acceptors (Lipinski definition) is 3. The first kappa shape index (κ1) is 16.5. The van der Waals surface area contributed by atoms with Crippen LogP contribution in [0.1, 0.15) is 24.0 Å². The predicted octanol–water partition coefficient (Wildman–Crippen LogP) is 3.15. The van der Waals surface area contributed by atoms with E-state index in [0.29, 0.717) is 12.2 Å². The number of carbonyl (C=O) groups is 1. The van der Waals surface area contributed by atoms with Gasteiger partial charge in [-0.1, -0.05) is 60.7 Å². The third-order valence-corrected chi connectivity index (χ3v) is 5.68. The fourth-order valence-electron chi connectivity index (χ4n) is 4.01. The van der Waals surface area contributed by atoms with E-state index in [2.05, 4.69) is 52.3 Å². The van der Waals surface area contributed by atoms with E-state index in [1.807, 2.05) is 18.2 Å². The summed E-state index contributed by atoms with van der Waals surface area (Å²) in [5, 5.41) is 0. The van der Waals surface area contributed by atoms with Crippen LogP contribution in [0, 0.1) is 0 Å². The first-order valence-electron chi connectivity index (χ1n) is 9.35. The highest BCUT2D eigenvalue weighted by atomic mass is 16.1. The van der Waals surface area contributed by atoms with Gasteiger partial charge in [0.15, 0.2) is 5.78 Å². The van der Waals surface area contributed by atoms with Crippen molar-refractivity contribution in [3.05, 3.63) is 71.8 Å². The Morgan fingerprint density at radius 1 is 0.800 bits per heavy atom. The summed E-state index contributed by atoms with van der Waals surface area (Å²) in [6.07, 6.45) is 2.65. The molecular weight excluding hydrogens is 308 g/mol. The molecule has 130 valence electrons. The summed E-state index contributed by atoms with van der Waals surface area (Å²) in [6.45, 7) is 5.13. The second-order valence-electron chi connectivity index (χ2n) is 7.37. The SMILES string of the molecule is O=C(Cc1ccccc1)C1(N2CCN(Cc3ccccc3)CC2)CC1. The maximum absolute atomic E-state index is 12.9. The van der Waals surface area contributed by atoms with Crippen molar-refractivity contribution in [2.75, 3.05) is 26.2 Å². The normalized spacial score (nSPS) is 20.3. The summed E-state index contributed by atoms with van der Waals surface area (Å²) in [6, 6.07) is 20.8. The van der Waals surface area contributed by atoms with Gasteiger partial charge in [0, 0.05) is 39.1 Å². The molecule has 3 heteroatoms. The zero-order valence-corrected chi connectivity index (χ0v) is 14.7. The average Bonchev–Trinajstić information content (AvgIpc) is 3.46. The molecule has 0 radical (unpaired) electrons. The van der Waals surface area contributed by atoms with Crippen LogP contribution in [0.5, 0.6) is 0 Å². The molecule has 0 spiro atoms. The van der Waals surface area contributed by atoms with Gasteiger partial charge in [-0.3, -0.25) is 14.6 Å². The van der Waals surface area contributed by atoms with Crippen LogP contribution >= 0.6 is 0 Å². The molecule has 0 N–H and O–H groups in total.